The first kappa shape index (κ1) is 17.7. The molecule has 27 heavy (non-hydrogen) atoms. The second-order valence-corrected chi connectivity index (χ2v) is 7.55. The van der Waals surface area contributed by atoms with Gasteiger partial charge in [-0.15, -0.1) is 11.3 Å². The lowest BCUT2D eigenvalue weighted by molar-refractivity contribution is -0.161. The maximum absolute atomic E-state index is 14.2. The summed E-state index contributed by atoms with van der Waals surface area (Å²) in [5.74, 6) is -1.12. The van der Waals surface area contributed by atoms with E-state index < -0.39 is 11.5 Å². The molecule has 1 unspecified atom stereocenters. The quantitative estimate of drug-likeness (QED) is 0.639. The summed E-state index contributed by atoms with van der Waals surface area (Å²) < 4.78 is 20.2. The molecule has 2 aromatic carbocycles. The SMILES string of the molecule is COC(=O)C1(Cc2ccccc2F)CCN1C(=O)c1csc2ccccc12. The molecule has 1 atom stereocenters. The van der Waals surface area contributed by atoms with Gasteiger partial charge in [0.1, 0.15) is 11.4 Å². The number of fused-ring (bicyclic) bond motifs is 1. The molecule has 0 bridgehead atoms. The van der Waals surface area contributed by atoms with E-state index in [1.165, 1.54) is 29.4 Å². The predicted octanol–water partition coefficient (Wildman–Crippen LogP) is 4.04. The van der Waals surface area contributed by atoms with Crippen LogP contribution in [0.1, 0.15) is 22.3 Å². The summed E-state index contributed by atoms with van der Waals surface area (Å²) >= 11 is 1.49. The van der Waals surface area contributed by atoms with Crippen molar-refractivity contribution in [1.29, 1.82) is 0 Å². The fourth-order valence-electron chi connectivity index (χ4n) is 3.69. The molecule has 0 spiro atoms. The van der Waals surface area contributed by atoms with Crippen LogP contribution in [0.15, 0.2) is 53.9 Å². The molecule has 6 heteroatoms. The van der Waals surface area contributed by atoms with Crippen molar-refractivity contribution >= 4 is 33.3 Å². The van der Waals surface area contributed by atoms with E-state index in [-0.39, 0.29) is 18.1 Å². The van der Waals surface area contributed by atoms with Crippen LogP contribution < -0.4 is 0 Å². The van der Waals surface area contributed by atoms with Gasteiger partial charge in [-0.2, -0.15) is 0 Å². The fourth-order valence-corrected chi connectivity index (χ4v) is 4.63. The summed E-state index contributed by atoms with van der Waals surface area (Å²) in [5, 5.41) is 2.68. The van der Waals surface area contributed by atoms with E-state index in [0.717, 1.165) is 10.1 Å². The minimum atomic E-state index is -1.17. The minimum absolute atomic E-state index is 0.0974. The Morgan fingerprint density at radius 2 is 1.93 bits per heavy atom. The van der Waals surface area contributed by atoms with Gasteiger partial charge >= 0.3 is 5.97 Å². The van der Waals surface area contributed by atoms with Gasteiger partial charge < -0.3 is 9.64 Å². The Hall–Kier alpha value is -2.73. The monoisotopic (exact) mass is 383 g/mol. The zero-order valence-electron chi connectivity index (χ0n) is 14.8. The van der Waals surface area contributed by atoms with Crippen LogP contribution in [0.4, 0.5) is 4.39 Å². The Bertz CT molecular complexity index is 1030. The molecular weight excluding hydrogens is 365 g/mol. The summed E-state index contributed by atoms with van der Waals surface area (Å²) in [7, 11) is 1.30. The Kier molecular flexibility index (Phi) is 4.44. The molecule has 0 saturated carbocycles. The van der Waals surface area contributed by atoms with Gasteiger partial charge in [0, 0.05) is 28.4 Å². The van der Waals surface area contributed by atoms with E-state index in [9.17, 15) is 14.0 Å². The maximum Gasteiger partial charge on any atom is 0.332 e. The predicted molar refractivity (Wildman–Crippen MR) is 102 cm³/mol. The van der Waals surface area contributed by atoms with E-state index in [2.05, 4.69) is 0 Å². The van der Waals surface area contributed by atoms with Gasteiger partial charge in [-0.3, -0.25) is 4.79 Å². The molecule has 138 valence electrons. The Labute approximate surface area is 160 Å². The van der Waals surface area contributed by atoms with Crippen LogP contribution in [0.25, 0.3) is 10.1 Å². The summed E-state index contributed by atoms with van der Waals surface area (Å²) in [5.41, 5.74) is -0.204. The van der Waals surface area contributed by atoms with Crippen molar-refractivity contribution in [2.45, 2.75) is 18.4 Å². The maximum atomic E-state index is 14.2. The molecule has 1 aliphatic heterocycles. The number of rotatable bonds is 4. The third-order valence-electron chi connectivity index (χ3n) is 5.23. The standard InChI is InChI=1S/C21H18FNO3S/c1-26-20(25)21(12-14-6-2-4-8-17(14)22)10-11-23(21)19(24)16-13-27-18-9-5-3-7-15(16)18/h2-9,13H,10-12H2,1H3. The highest BCUT2D eigenvalue weighted by Gasteiger charge is 2.54. The molecule has 2 heterocycles. The summed E-state index contributed by atoms with van der Waals surface area (Å²) in [4.78, 5) is 27.4. The van der Waals surface area contributed by atoms with Crippen LogP contribution in [-0.4, -0.2) is 36.0 Å². The number of likely N-dealkylation sites (tertiary alicyclic amines) is 1. The van der Waals surface area contributed by atoms with Crippen molar-refractivity contribution in [3.8, 4) is 0 Å². The molecule has 1 amide bonds. The first-order valence-electron chi connectivity index (χ1n) is 8.67. The molecule has 1 fully saturated rings. The second kappa shape index (κ2) is 6.78. The van der Waals surface area contributed by atoms with E-state index in [1.807, 2.05) is 29.6 Å². The summed E-state index contributed by atoms with van der Waals surface area (Å²) in [6, 6.07) is 14.0. The number of carbonyl (C=O) groups excluding carboxylic acids is 2. The highest BCUT2D eigenvalue weighted by atomic mass is 32.1. The average molecular weight is 383 g/mol. The van der Waals surface area contributed by atoms with Gasteiger partial charge in [0.15, 0.2) is 0 Å². The largest absolute Gasteiger partial charge is 0.467 e. The average Bonchev–Trinajstić information content (AvgIpc) is 3.10. The molecule has 4 nitrogen and oxygen atoms in total. The van der Waals surface area contributed by atoms with Gasteiger partial charge in [0.2, 0.25) is 0 Å². The van der Waals surface area contributed by atoms with Gasteiger partial charge in [-0.05, 0) is 24.1 Å². The molecule has 4 rings (SSSR count). The number of nitrogens with zero attached hydrogens (tertiary/aromatic N) is 1. The number of esters is 1. The van der Waals surface area contributed by atoms with Gasteiger partial charge in [-0.1, -0.05) is 36.4 Å². The Morgan fingerprint density at radius 3 is 2.63 bits per heavy atom. The third kappa shape index (κ3) is 2.80. The number of methoxy groups -OCH3 is 1. The van der Waals surface area contributed by atoms with Crippen molar-refractivity contribution in [1.82, 2.24) is 4.90 Å². The normalized spacial score (nSPS) is 19.0. The molecular formula is C21H18FNO3S. The Balaban J connectivity index is 1.72. The second-order valence-electron chi connectivity index (χ2n) is 6.64. The number of thiophene rings is 1. The first-order chi connectivity index (χ1) is 13.1. The van der Waals surface area contributed by atoms with Crippen LogP contribution in [0.3, 0.4) is 0 Å². The smallest absolute Gasteiger partial charge is 0.332 e. The first-order valence-corrected chi connectivity index (χ1v) is 9.55. The van der Waals surface area contributed by atoms with Crippen molar-refractivity contribution in [3.05, 3.63) is 70.9 Å². The molecule has 3 aromatic rings. The van der Waals surface area contributed by atoms with E-state index in [4.69, 9.17) is 4.74 Å². The number of ether oxygens (including phenoxy) is 1. The number of benzene rings is 2. The molecule has 1 aliphatic rings. The fraction of sp³-hybridized carbons (Fsp3) is 0.238. The third-order valence-corrected chi connectivity index (χ3v) is 6.19. The highest BCUT2D eigenvalue weighted by Crippen LogP contribution is 2.39. The molecule has 0 N–H and O–H groups in total. The van der Waals surface area contributed by atoms with E-state index in [1.54, 1.807) is 18.2 Å². The topological polar surface area (TPSA) is 46.6 Å². The van der Waals surface area contributed by atoms with Crippen LogP contribution in [0.5, 0.6) is 0 Å². The number of hydrogen-bond donors (Lipinski definition) is 0. The van der Waals surface area contributed by atoms with Gasteiger partial charge in [-0.25, -0.2) is 9.18 Å². The van der Waals surface area contributed by atoms with E-state index >= 15 is 0 Å². The molecule has 0 aliphatic carbocycles. The number of hydrogen-bond acceptors (Lipinski definition) is 4. The zero-order valence-corrected chi connectivity index (χ0v) is 15.6. The van der Waals surface area contributed by atoms with Crippen molar-refractivity contribution in [2.75, 3.05) is 13.7 Å². The molecule has 0 radical (unpaired) electrons. The van der Waals surface area contributed by atoms with Crippen LogP contribution in [0, 0.1) is 5.82 Å². The number of halogens is 1. The van der Waals surface area contributed by atoms with Gasteiger partial charge in [0.05, 0.1) is 12.7 Å². The molecule has 1 saturated heterocycles. The van der Waals surface area contributed by atoms with Crippen LogP contribution in [-0.2, 0) is 16.0 Å². The molecule has 1 aromatic heterocycles. The highest BCUT2D eigenvalue weighted by molar-refractivity contribution is 7.17. The van der Waals surface area contributed by atoms with Crippen molar-refractivity contribution in [2.24, 2.45) is 0 Å². The van der Waals surface area contributed by atoms with Crippen LogP contribution >= 0.6 is 11.3 Å². The summed E-state index contributed by atoms with van der Waals surface area (Å²) in [6.45, 7) is 0.437. The number of carbonyl (C=O) groups is 2. The Morgan fingerprint density at radius 1 is 1.19 bits per heavy atom. The summed E-state index contributed by atoms with van der Waals surface area (Å²) in [6.07, 6.45) is 0.544. The lowest BCUT2D eigenvalue weighted by atomic mass is 9.78. The number of amides is 1. The lowest BCUT2D eigenvalue weighted by Gasteiger charge is -2.50. The minimum Gasteiger partial charge on any atom is -0.467 e. The van der Waals surface area contributed by atoms with Crippen LogP contribution in [0.2, 0.25) is 0 Å². The van der Waals surface area contributed by atoms with Crippen molar-refractivity contribution < 1.29 is 18.7 Å². The van der Waals surface area contributed by atoms with Gasteiger partial charge in [0.25, 0.3) is 5.91 Å². The van der Waals surface area contributed by atoms with Crippen molar-refractivity contribution in [3.63, 3.8) is 0 Å². The zero-order chi connectivity index (χ0) is 19.0. The van der Waals surface area contributed by atoms with E-state index in [0.29, 0.717) is 24.1 Å². The lowest BCUT2D eigenvalue weighted by Crippen LogP contribution is -2.68.